The lowest BCUT2D eigenvalue weighted by atomic mass is 9.74. The quantitative estimate of drug-likeness (QED) is 0.865. The van der Waals surface area contributed by atoms with Crippen LogP contribution in [0.5, 0.6) is 0 Å². The number of carbonyl (C=O) groups excluding carboxylic acids is 1. The van der Waals surface area contributed by atoms with Gasteiger partial charge in [0, 0.05) is 30.1 Å². The van der Waals surface area contributed by atoms with E-state index in [1.807, 2.05) is 4.90 Å². The second-order valence-corrected chi connectivity index (χ2v) is 8.40. The fraction of sp³-hybridized carbons (Fsp3) is 0.591. The molecule has 0 bridgehead atoms. The van der Waals surface area contributed by atoms with Crippen LogP contribution in [0.1, 0.15) is 68.9 Å². The molecular weight excluding hydrogens is 324 g/mol. The Balaban J connectivity index is 1.53. The van der Waals surface area contributed by atoms with Gasteiger partial charge < -0.3 is 15.0 Å². The summed E-state index contributed by atoms with van der Waals surface area (Å²) in [6.45, 7) is 5.07. The van der Waals surface area contributed by atoms with Crippen LogP contribution in [-0.2, 0) is 4.79 Å². The first kappa shape index (κ1) is 17.6. The highest BCUT2D eigenvalue weighted by Gasteiger charge is 2.46. The zero-order chi connectivity index (χ0) is 18.3. The van der Waals surface area contributed by atoms with Crippen molar-refractivity contribution < 1.29 is 9.90 Å². The highest BCUT2D eigenvalue weighted by Crippen LogP contribution is 2.40. The molecule has 2 heterocycles. The van der Waals surface area contributed by atoms with Crippen molar-refractivity contribution in [3.8, 4) is 0 Å². The Morgan fingerprint density at radius 2 is 2.15 bits per heavy atom. The van der Waals surface area contributed by atoms with Crippen LogP contribution < -0.4 is 0 Å². The minimum Gasteiger partial charge on any atom is -0.388 e. The Morgan fingerprint density at radius 1 is 1.35 bits per heavy atom. The number of hydrogen-bond acceptors (Lipinski definition) is 2. The Morgan fingerprint density at radius 3 is 3.00 bits per heavy atom. The Labute approximate surface area is 155 Å². The number of aliphatic hydroxyl groups is 1. The fourth-order valence-electron chi connectivity index (χ4n) is 5.23. The van der Waals surface area contributed by atoms with Crippen molar-refractivity contribution in [3.05, 3.63) is 35.5 Å². The normalized spacial score (nSPS) is 27.3. The van der Waals surface area contributed by atoms with Crippen LogP contribution in [0.3, 0.4) is 0 Å². The number of nitrogens with zero attached hydrogens (tertiary/aromatic N) is 1. The number of amides is 1. The predicted molar refractivity (Wildman–Crippen MR) is 104 cm³/mol. The number of hydrogen-bond donors (Lipinski definition) is 2. The molecular formula is C22H30N2O2. The van der Waals surface area contributed by atoms with Gasteiger partial charge in [0.05, 0.1) is 11.6 Å². The minimum atomic E-state index is -0.646. The second-order valence-electron chi connectivity index (χ2n) is 8.40. The molecule has 2 fully saturated rings. The van der Waals surface area contributed by atoms with Gasteiger partial charge in [-0.2, -0.15) is 0 Å². The van der Waals surface area contributed by atoms with Crippen molar-refractivity contribution in [2.24, 2.45) is 0 Å². The third kappa shape index (κ3) is 2.94. The molecule has 2 N–H and O–H groups in total. The minimum absolute atomic E-state index is 0.0226. The van der Waals surface area contributed by atoms with Crippen molar-refractivity contribution in [3.63, 3.8) is 0 Å². The Kier molecular flexibility index (Phi) is 4.55. The van der Waals surface area contributed by atoms with Crippen LogP contribution in [0.2, 0.25) is 0 Å². The first-order chi connectivity index (χ1) is 12.5. The summed E-state index contributed by atoms with van der Waals surface area (Å²) in [6.07, 6.45) is 8.32. The largest absolute Gasteiger partial charge is 0.388 e. The topological polar surface area (TPSA) is 56.3 Å². The van der Waals surface area contributed by atoms with Gasteiger partial charge in [-0.05, 0) is 55.7 Å². The summed E-state index contributed by atoms with van der Waals surface area (Å²) in [5.41, 5.74) is 2.96. The molecule has 2 aromatic rings. The van der Waals surface area contributed by atoms with Crippen LogP contribution in [0.15, 0.2) is 24.4 Å². The summed E-state index contributed by atoms with van der Waals surface area (Å²) in [5.74, 6) is 0.362. The molecule has 0 spiro atoms. The van der Waals surface area contributed by atoms with E-state index in [9.17, 15) is 9.90 Å². The second kappa shape index (κ2) is 6.73. The maximum absolute atomic E-state index is 13.1. The van der Waals surface area contributed by atoms with Gasteiger partial charge in [0.1, 0.15) is 0 Å². The summed E-state index contributed by atoms with van der Waals surface area (Å²) >= 11 is 0. The van der Waals surface area contributed by atoms with Crippen molar-refractivity contribution in [2.45, 2.75) is 76.4 Å². The Bertz CT molecular complexity index is 808. The molecule has 1 aromatic heterocycles. The molecule has 2 aliphatic rings. The number of H-pyrrole nitrogens is 1. The van der Waals surface area contributed by atoms with Gasteiger partial charge in [0.25, 0.3) is 0 Å². The molecule has 1 aromatic carbocycles. The average molecular weight is 354 g/mol. The monoisotopic (exact) mass is 354 g/mol. The van der Waals surface area contributed by atoms with Crippen molar-refractivity contribution in [2.75, 3.05) is 6.54 Å². The lowest BCUT2D eigenvalue weighted by Crippen LogP contribution is -2.60. The summed E-state index contributed by atoms with van der Waals surface area (Å²) in [5, 5.41) is 12.3. The number of rotatable bonds is 3. The van der Waals surface area contributed by atoms with E-state index in [1.54, 1.807) is 0 Å². The SMILES string of the molecule is Cc1cccc2[nH]cc(C(C)CC(=O)N3CCCC4(O)CCCCC34)c12. The van der Waals surface area contributed by atoms with E-state index >= 15 is 0 Å². The standard InChI is InChI=1S/C22H30N2O2/c1-15-7-5-8-18-21(15)17(14-23-18)16(2)13-20(25)24-12-6-11-22(26)10-4-3-9-19(22)24/h5,7-8,14,16,19,23,26H,3-4,6,9-13H2,1-2H3. The summed E-state index contributed by atoms with van der Waals surface area (Å²) < 4.78 is 0. The summed E-state index contributed by atoms with van der Waals surface area (Å²) in [6, 6.07) is 6.30. The van der Waals surface area contributed by atoms with E-state index in [-0.39, 0.29) is 17.9 Å². The first-order valence-corrected chi connectivity index (χ1v) is 10.1. The number of likely N-dealkylation sites (tertiary alicyclic amines) is 1. The van der Waals surface area contributed by atoms with Gasteiger partial charge >= 0.3 is 0 Å². The van der Waals surface area contributed by atoms with Crippen molar-refractivity contribution in [1.82, 2.24) is 9.88 Å². The lowest BCUT2D eigenvalue weighted by Gasteiger charge is -2.50. The third-order valence-electron chi connectivity index (χ3n) is 6.62. The molecule has 3 atom stereocenters. The molecule has 26 heavy (non-hydrogen) atoms. The van der Waals surface area contributed by atoms with Gasteiger partial charge in [-0.15, -0.1) is 0 Å². The number of piperidine rings is 1. The maximum Gasteiger partial charge on any atom is 0.223 e. The van der Waals surface area contributed by atoms with Crippen LogP contribution >= 0.6 is 0 Å². The molecule has 0 radical (unpaired) electrons. The van der Waals surface area contributed by atoms with E-state index in [0.29, 0.717) is 6.42 Å². The van der Waals surface area contributed by atoms with Gasteiger partial charge in [-0.1, -0.05) is 31.9 Å². The number of aromatic amines is 1. The average Bonchev–Trinajstić information content (AvgIpc) is 3.06. The van der Waals surface area contributed by atoms with Crippen LogP contribution in [0, 0.1) is 6.92 Å². The van der Waals surface area contributed by atoms with Gasteiger partial charge in [0.2, 0.25) is 5.91 Å². The highest BCUT2D eigenvalue weighted by molar-refractivity contribution is 5.88. The number of aromatic nitrogens is 1. The Hall–Kier alpha value is -1.81. The van der Waals surface area contributed by atoms with Crippen LogP contribution in [0.4, 0.5) is 0 Å². The molecule has 1 saturated carbocycles. The van der Waals surface area contributed by atoms with E-state index in [2.05, 4.69) is 43.2 Å². The molecule has 4 nitrogen and oxygen atoms in total. The van der Waals surface area contributed by atoms with Gasteiger partial charge in [-0.25, -0.2) is 0 Å². The van der Waals surface area contributed by atoms with E-state index in [1.165, 1.54) is 16.5 Å². The number of aryl methyl sites for hydroxylation is 1. The summed E-state index contributed by atoms with van der Waals surface area (Å²) in [7, 11) is 0. The molecule has 4 heteroatoms. The zero-order valence-electron chi connectivity index (χ0n) is 15.9. The smallest absolute Gasteiger partial charge is 0.223 e. The van der Waals surface area contributed by atoms with Gasteiger partial charge in [0.15, 0.2) is 0 Å². The molecule has 1 aliphatic heterocycles. The molecule has 1 aliphatic carbocycles. The zero-order valence-corrected chi connectivity index (χ0v) is 15.9. The molecule has 1 amide bonds. The van der Waals surface area contributed by atoms with Crippen molar-refractivity contribution in [1.29, 1.82) is 0 Å². The van der Waals surface area contributed by atoms with Crippen molar-refractivity contribution >= 4 is 16.8 Å². The van der Waals surface area contributed by atoms with Crippen LogP contribution in [-0.4, -0.2) is 39.1 Å². The molecule has 4 rings (SSSR count). The number of carbonyl (C=O) groups is 1. The van der Waals surface area contributed by atoms with E-state index < -0.39 is 5.60 Å². The molecule has 1 saturated heterocycles. The predicted octanol–water partition coefficient (Wildman–Crippen LogP) is 4.27. The fourth-order valence-corrected chi connectivity index (χ4v) is 5.23. The molecule has 3 unspecified atom stereocenters. The highest BCUT2D eigenvalue weighted by atomic mass is 16.3. The molecule has 140 valence electrons. The van der Waals surface area contributed by atoms with Crippen LogP contribution in [0.25, 0.3) is 10.9 Å². The number of benzene rings is 1. The van der Waals surface area contributed by atoms with Gasteiger partial charge in [-0.3, -0.25) is 4.79 Å². The summed E-state index contributed by atoms with van der Waals surface area (Å²) in [4.78, 5) is 18.5. The first-order valence-electron chi connectivity index (χ1n) is 10.1. The third-order valence-corrected chi connectivity index (χ3v) is 6.62. The van der Waals surface area contributed by atoms with E-state index in [0.717, 1.165) is 50.6 Å². The number of fused-ring (bicyclic) bond motifs is 2. The lowest BCUT2D eigenvalue weighted by molar-refractivity contribution is -0.152. The number of nitrogens with one attached hydrogen (secondary N) is 1. The maximum atomic E-state index is 13.1. The van der Waals surface area contributed by atoms with E-state index in [4.69, 9.17) is 0 Å².